The molecule has 1 atom stereocenters. The number of hydrogen-bond donors (Lipinski definition) is 1. The zero-order chi connectivity index (χ0) is 18.9. The molecule has 0 saturated heterocycles. The number of benzene rings is 2. The molecule has 1 aliphatic rings. The highest BCUT2D eigenvalue weighted by Crippen LogP contribution is 2.45. The highest BCUT2D eigenvalue weighted by atomic mass is 35.5. The van der Waals surface area contributed by atoms with Crippen molar-refractivity contribution in [2.75, 3.05) is 14.1 Å². The van der Waals surface area contributed by atoms with E-state index < -0.39 is 17.2 Å². The van der Waals surface area contributed by atoms with E-state index >= 15 is 0 Å². The van der Waals surface area contributed by atoms with E-state index in [2.05, 4.69) is 4.90 Å². The van der Waals surface area contributed by atoms with Crippen molar-refractivity contribution in [3.8, 4) is 0 Å². The Labute approximate surface area is 158 Å². The Bertz CT molecular complexity index is 735. The molecule has 0 bridgehead atoms. The Kier molecular flexibility index (Phi) is 5.66. The highest BCUT2D eigenvalue weighted by Gasteiger charge is 2.38. The van der Waals surface area contributed by atoms with Gasteiger partial charge >= 0.3 is 0 Å². The predicted octanol–water partition coefficient (Wildman–Crippen LogP) is 5.30. The summed E-state index contributed by atoms with van der Waals surface area (Å²) in [5.74, 6) is -0.949. The normalized spacial score (nSPS) is 24.7. The molecular weight excluding hydrogens is 356 g/mol. The SMILES string of the molecule is CN(C)C(c1ccc(Cl)cc1)C1CCC(O)(c2cc(F)cc(F)c2)CC1. The van der Waals surface area contributed by atoms with Crippen molar-refractivity contribution in [3.63, 3.8) is 0 Å². The van der Waals surface area contributed by atoms with Crippen molar-refractivity contribution in [3.05, 3.63) is 70.2 Å². The Hall–Kier alpha value is -1.49. The molecule has 0 aliphatic heterocycles. The summed E-state index contributed by atoms with van der Waals surface area (Å²) in [7, 11) is 4.09. The predicted molar refractivity (Wildman–Crippen MR) is 100 cm³/mol. The van der Waals surface area contributed by atoms with Crippen molar-refractivity contribution in [2.45, 2.75) is 37.3 Å². The van der Waals surface area contributed by atoms with Crippen molar-refractivity contribution < 1.29 is 13.9 Å². The molecule has 0 amide bonds. The second kappa shape index (κ2) is 7.63. The van der Waals surface area contributed by atoms with Crippen LogP contribution in [0.1, 0.15) is 42.9 Å². The van der Waals surface area contributed by atoms with E-state index in [-0.39, 0.29) is 6.04 Å². The molecule has 0 spiro atoms. The number of nitrogens with zero attached hydrogens (tertiary/aromatic N) is 1. The van der Waals surface area contributed by atoms with Gasteiger partial charge in [0, 0.05) is 17.1 Å². The molecule has 5 heteroatoms. The van der Waals surface area contributed by atoms with Gasteiger partial charge in [0.15, 0.2) is 0 Å². The summed E-state index contributed by atoms with van der Waals surface area (Å²) in [5, 5.41) is 11.7. The lowest BCUT2D eigenvalue weighted by molar-refractivity contribution is -0.0258. The molecule has 1 aliphatic carbocycles. The van der Waals surface area contributed by atoms with Gasteiger partial charge in [-0.2, -0.15) is 0 Å². The van der Waals surface area contributed by atoms with Crippen LogP contribution in [0.4, 0.5) is 8.78 Å². The first-order valence-corrected chi connectivity index (χ1v) is 9.27. The van der Waals surface area contributed by atoms with Gasteiger partial charge in [0.25, 0.3) is 0 Å². The second-order valence-corrected chi connectivity index (χ2v) is 7.92. The van der Waals surface area contributed by atoms with E-state index in [1.54, 1.807) is 0 Å². The first-order valence-electron chi connectivity index (χ1n) is 8.89. The first-order chi connectivity index (χ1) is 12.3. The van der Waals surface area contributed by atoms with Crippen LogP contribution in [0.2, 0.25) is 5.02 Å². The van der Waals surface area contributed by atoms with Crippen LogP contribution in [0, 0.1) is 17.6 Å². The molecule has 1 saturated carbocycles. The molecule has 1 N–H and O–H groups in total. The van der Waals surface area contributed by atoms with Crippen LogP contribution in [0.3, 0.4) is 0 Å². The lowest BCUT2D eigenvalue weighted by Gasteiger charge is -2.41. The zero-order valence-corrected chi connectivity index (χ0v) is 15.8. The third kappa shape index (κ3) is 4.08. The van der Waals surface area contributed by atoms with Crippen LogP contribution < -0.4 is 0 Å². The molecule has 1 unspecified atom stereocenters. The van der Waals surface area contributed by atoms with E-state index in [4.69, 9.17) is 11.6 Å². The summed E-state index contributed by atoms with van der Waals surface area (Å²) in [6.45, 7) is 0. The standard InChI is InChI=1S/C21H24ClF2NO/c1-25(2)20(14-3-5-17(22)6-4-14)15-7-9-21(26,10-8-15)16-11-18(23)13-19(24)12-16/h3-6,11-13,15,20,26H,7-10H2,1-2H3. The third-order valence-corrected chi connectivity index (χ3v) is 5.72. The average Bonchev–Trinajstić information content (AvgIpc) is 2.57. The number of halogens is 3. The van der Waals surface area contributed by atoms with Crippen molar-refractivity contribution >= 4 is 11.6 Å². The largest absolute Gasteiger partial charge is 0.385 e. The summed E-state index contributed by atoms with van der Waals surface area (Å²) in [6.07, 6.45) is 2.52. The summed E-state index contributed by atoms with van der Waals surface area (Å²) < 4.78 is 27.1. The van der Waals surface area contributed by atoms with Gasteiger partial charge in [0.2, 0.25) is 0 Å². The molecule has 1 fully saturated rings. The van der Waals surface area contributed by atoms with Crippen LogP contribution in [-0.4, -0.2) is 24.1 Å². The molecule has 26 heavy (non-hydrogen) atoms. The smallest absolute Gasteiger partial charge is 0.126 e. The summed E-state index contributed by atoms with van der Waals surface area (Å²) in [6, 6.07) is 11.4. The first kappa shape index (κ1) is 19.3. The fraction of sp³-hybridized carbons (Fsp3) is 0.429. The van der Waals surface area contributed by atoms with Gasteiger partial charge < -0.3 is 10.0 Å². The maximum Gasteiger partial charge on any atom is 0.126 e. The monoisotopic (exact) mass is 379 g/mol. The Balaban J connectivity index is 1.78. The summed E-state index contributed by atoms with van der Waals surface area (Å²) in [5.41, 5.74) is 0.351. The van der Waals surface area contributed by atoms with Crippen LogP contribution in [-0.2, 0) is 5.60 Å². The molecule has 2 aromatic carbocycles. The van der Waals surface area contributed by atoms with Gasteiger partial charge in [-0.05, 0) is 81.1 Å². The minimum atomic E-state index is -1.17. The molecule has 0 heterocycles. The van der Waals surface area contributed by atoms with Crippen molar-refractivity contribution in [1.82, 2.24) is 4.90 Å². The van der Waals surface area contributed by atoms with Gasteiger partial charge in [-0.15, -0.1) is 0 Å². The van der Waals surface area contributed by atoms with Gasteiger partial charge in [-0.25, -0.2) is 8.78 Å². The average molecular weight is 380 g/mol. The van der Waals surface area contributed by atoms with Crippen LogP contribution >= 0.6 is 11.6 Å². The summed E-state index contributed by atoms with van der Waals surface area (Å²) >= 11 is 6.00. The Morgan fingerprint density at radius 1 is 1.04 bits per heavy atom. The maximum absolute atomic E-state index is 13.5. The lowest BCUT2D eigenvalue weighted by atomic mass is 9.71. The maximum atomic E-state index is 13.5. The van der Waals surface area contributed by atoms with E-state index in [0.717, 1.165) is 18.9 Å². The van der Waals surface area contributed by atoms with Crippen molar-refractivity contribution in [1.29, 1.82) is 0 Å². The van der Waals surface area contributed by atoms with Gasteiger partial charge in [-0.1, -0.05) is 23.7 Å². The number of hydrogen-bond acceptors (Lipinski definition) is 2. The Morgan fingerprint density at radius 2 is 1.58 bits per heavy atom. The van der Waals surface area contributed by atoms with E-state index in [9.17, 15) is 13.9 Å². The van der Waals surface area contributed by atoms with Crippen molar-refractivity contribution in [2.24, 2.45) is 5.92 Å². The topological polar surface area (TPSA) is 23.5 Å². The molecule has 3 rings (SSSR count). The van der Waals surface area contributed by atoms with Gasteiger partial charge in [-0.3, -0.25) is 0 Å². The molecular formula is C21H24ClF2NO. The van der Waals surface area contributed by atoms with Gasteiger partial charge in [0.1, 0.15) is 11.6 Å². The second-order valence-electron chi connectivity index (χ2n) is 7.49. The van der Waals surface area contributed by atoms with E-state index in [1.807, 2.05) is 38.4 Å². The minimum absolute atomic E-state index is 0.209. The highest BCUT2D eigenvalue weighted by molar-refractivity contribution is 6.30. The molecule has 2 aromatic rings. The zero-order valence-electron chi connectivity index (χ0n) is 15.1. The van der Waals surface area contributed by atoms with Crippen LogP contribution in [0.25, 0.3) is 0 Å². The van der Waals surface area contributed by atoms with E-state index in [1.165, 1.54) is 17.7 Å². The number of rotatable bonds is 4. The molecule has 0 aromatic heterocycles. The van der Waals surface area contributed by atoms with Crippen LogP contribution in [0.5, 0.6) is 0 Å². The minimum Gasteiger partial charge on any atom is -0.385 e. The Morgan fingerprint density at radius 3 is 2.08 bits per heavy atom. The summed E-state index contributed by atoms with van der Waals surface area (Å²) in [4.78, 5) is 2.18. The lowest BCUT2D eigenvalue weighted by Crippen LogP contribution is -2.36. The molecule has 2 nitrogen and oxygen atoms in total. The molecule has 140 valence electrons. The van der Waals surface area contributed by atoms with Gasteiger partial charge in [0.05, 0.1) is 5.60 Å². The molecule has 0 radical (unpaired) electrons. The third-order valence-electron chi connectivity index (χ3n) is 5.47. The van der Waals surface area contributed by atoms with E-state index in [0.29, 0.717) is 29.3 Å². The van der Waals surface area contributed by atoms with Crippen LogP contribution in [0.15, 0.2) is 42.5 Å². The quantitative estimate of drug-likeness (QED) is 0.779. The fourth-order valence-electron chi connectivity index (χ4n) is 4.20. The fourth-order valence-corrected chi connectivity index (χ4v) is 4.32. The number of aliphatic hydroxyl groups is 1.